The van der Waals surface area contributed by atoms with Gasteiger partial charge in [0.2, 0.25) is 0 Å². The zero-order valence-electron chi connectivity index (χ0n) is 9.00. The Labute approximate surface area is 104 Å². The molecule has 0 saturated heterocycles. The summed E-state index contributed by atoms with van der Waals surface area (Å²) < 4.78 is 6.12. The van der Waals surface area contributed by atoms with Gasteiger partial charge < -0.3 is 10.5 Å². The molecule has 2 N–H and O–H groups in total. The third kappa shape index (κ3) is 4.15. The molecule has 0 radical (unpaired) electrons. The van der Waals surface area contributed by atoms with Gasteiger partial charge in [-0.3, -0.25) is 0 Å². The number of hydrogen-bond donors (Lipinski definition) is 1. The highest BCUT2D eigenvalue weighted by atomic mass is 79.9. The number of hydrogen-bond acceptors (Lipinski definition) is 3. The van der Waals surface area contributed by atoms with Crippen LogP contribution in [0.25, 0.3) is 0 Å². The molecule has 4 heteroatoms. The van der Waals surface area contributed by atoms with E-state index in [2.05, 4.69) is 34.1 Å². The number of nitrogens with two attached hydrogens (primary N) is 1. The van der Waals surface area contributed by atoms with Crippen molar-refractivity contribution in [2.24, 2.45) is 5.73 Å². The number of ether oxygens (including phenoxy) is 1. The quantitative estimate of drug-likeness (QED) is 0.668. The van der Waals surface area contributed by atoms with Crippen molar-refractivity contribution >= 4 is 27.7 Å². The van der Waals surface area contributed by atoms with Gasteiger partial charge in [-0.15, -0.1) is 11.8 Å². The van der Waals surface area contributed by atoms with Gasteiger partial charge in [0.25, 0.3) is 0 Å². The number of methoxy groups -OCH3 is 1. The summed E-state index contributed by atoms with van der Waals surface area (Å²) in [5, 5.41) is 0. The van der Waals surface area contributed by atoms with Crippen LogP contribution in [-0.2, 0) is 4.74 Å². The zero-order chi connectivity index (χ0) is 11.3. The lowest BCUT2D eigenvalue weighted by molar-refractivity contribution is 0.218. The van der Waals surface area contributed by atoms with Crippen molar-refractivity contribution in [3.8, 4) is 0 Å². The lowest BCUT2D eigenvalue weighted by Crippen LogP contribution is -2.04. The maximum Gasteiger partial charge on any atom is 0.0556 e. The summed E-state index contributed by atoms with van der Waals surface area (Å²) in [6.07, 6.45) is 0. The molecule has 0 aliphatic carbocycles. The SMILES string of the molecule is COCCSc1ccc([C@H](C)N)cc1Br. The van der Waals surface area contributed by atoms with Gasteiger partial charge in [0.05, 0.1) is 6.61 Å². The Morgan fingerprint density at radius 1 is 1.53 bits per heavy atom. The van der Waals surface area contributed by atoms with E-state index in [1.807, 2.05) is 6.92 Å². The normalized spacial score (nSPS) is 12.8. The van der Waals surface area contributed by atoms with Crippen molar-refractivity contribution in [2.75, 3.05) is 19.5 Å². The molecule has 0 amide bonds. The second-order valence-corrected chi connectivity index (χ2v) is 5.31. The fourth-order valence-corrected chi connectivity index (χ4v) is 2.72. The van der Waals surface area contributed by atoms with Gasteiger partial charge >= 0.3 is 0 Å². The van der Waals surface area contributed by atoms with Crippen LogP contribution < -0.4 is 5.73 Å². The molecular formula is C11H16BrNOS. The zero-order valence-corrected chi connectivity index (χ0v) is 11.4. The van der Waals surface area contributed by atoms with E-state index in [0.29, 0.717) is 0 Å². The first-order chi connectivity index (χ1) is 7.15. The van der Waals surface area contributed by atoms with E-state index in [-0.39, 0.29) is 6.04 Å². The predicted octanol–water partition coefficient (Wildman–Crippen LogP) is 3.21. The lowest BCUT2D eigenvalue weighted by atomic mass is 10.1. The molecule has 1 aromatic carbocycles. The fraction of sp³-hybridized carbons (Fsp3) is 0.455. The van der Waals surface area contributed by atoms with Crippen molar-refractivity contribution in [2.45, 2.75) is 17.9 Å². The monoisotopic (exact) mass is 289 g/mol. The minimum absolute atomic E-state index is 0.0827. The highest BCUT2D eigenvalue weighted by Crippen LogP contribution is 2.29. The van der Waals surface area contributed by atoms with Gasteiger partial charge in [-0.2, -0.15) is 0 Å². The molecule has 0 aliphatic heterocycles. The molecule has 1 atom stereocenters. The van der Waals surface area contributed by atoms with Crippen LogP contribution in [0.4, 0.5) is 0 Å². The van der Waals surface area contributed by atoms with Gasteiger partial charge in [-0.05, 0) is 40.5 Å². The van der Waals surface area contributed by atoms with E-state index in [4.69, 9.17) is 10.5 Å². The molecule has 0 fully saturated rings. The number of rotatable bonds is 5. The fourth-order valence-electron chi connectivity index (χ4n) is 1.15. The van der Waals surface area contributed by atoms with Crippen molar-refractivity contribution in [3.05, 3.63) is 28.2 Å². The average molecular weight is 290 g/mol. The number of thioether (sulfide) groups is 1. The summed E-state index contributed by atoms with van der Waals surface area (Å²) in [4.78, 5) is 1.23. The predicted molar refractivity (Wildman–Crippen MR) is 69.3 cm³/mol. The minimum atomic E-state index is 0.0827. The summed E-state index contributed by atoms with van der Waals surface area (Å²) >= 11 is 5.33. The van der Waals surface area contributed by atoms with E-state index in [9.17, 15) is 0 Å². The third-order valence-electron chi connectivity index (χ3n) is 2.03. The molecule has 1 rings (SSSR count). The molecule has 0 aromatic heterocycles. The van der Waals surface area contributed by atoms with Crippen molar-refractivity contribution in [1.82, 2.24) is 0 Å². The van der Waals surface area contributed by atoms with Crippen molar-refractivity contribution in [1.29, 1.82) is 0 Å². The van der Waals surface area contributed by atoms with Crippen LogP contribution in [-0.4, -0.2) is 19.5 Å². The Kier molecular flexibility index (Phi) is 5.68. The van der Waals surface area contributed by atoms with Crippen LogP contribution in [0.15, 0.2) is 27.6 Å². The summed E-state index contributed by atoms with van der Waals surface area (Å²) in [5.74, 6) is 0.965. The van der Waals surface area contributed by atoms with Crippen LogP contribution in [0.3, 0.4) is 0 Å². The first-order valence-corrected chi connectivity index (χ1v) is 6.59. The van der Waals surface area contributed by atoms with Gasteiger partial charge in [0, 0.05) is 28.3 Å². The van der Waals surface area contributed by atoms with Crippen molar-refractivity contribution < 1.29 is 4.74 Å². The molecule has 0 aliphatic rings. The molecular weight excluding hydrogens is 274 g/mol. The Hall–Kier alpha value is -0.0300. The van der Waals surface area contributed by atoms with Crippen LogP contribution in [0, 0.1) is 0 Å². The smallest absolute Gasteiger partial charge is 0.0556 e. The van der Waals surface area contributed by atoms with Gasteiger partial charge in [-0.25, -0.2) is 0 Å². The summed E-state index contributed by atoms with van der Waals surface area (Å²) in [6.45, 7) is 2.76. The van der Waals surface area contributed by atoms with E-state index in [0.717, 1.165) is 22.4 Å². The summed E-state index contributed by atoms with van der Waals surface area (Å²) in [7, 11) is 1.72. The van der Waals surface area contributed by atoms with E-state index < -0.39 is 0 Å². The Morgan fingerprint density at radius 3 is 2.80 bits per heavy atom. The highest BCUT2D eigenvalue weighted by Gasteiger charge is 2.04. The molecule has 0 unspecified atom stereocenters. The van der Waals surface area contributed by atoms with E-state index in [1.165, 1.54) is 4.90 Å². The largest absolute Gasteiger partial charge is 0.384 e. The van der Waals surface area contributed by atoms with Crippen LogP contribution in [0.5, 0.6) is 0 Å². The Bertz CT molecular complexity index is 317. The molecule has 15 heavy (non-hydrogen) atoms. The standard InChI is InChI=1S/C11H16BrNOS/c1-8(13)9-3-4-11(10(12)7-9)15-6-5-14-2/h3-4,7-8H,5-6,13H2,1-2H3/t8-/m0/s1. The van der Waals surface area contributed by atoms with E-state index >= 15 is 0 Å². The van der Waals surface area contributed by atoms with Gasteiger partial charge in [-0.1, -0.05) is 6.07 Å². The second kappa shape index (κ2) is 6.53. The van der Waals surface area contributed by atoms with Crippen LogP contribution in [0.1, 0.15) is 18.5 Å². The average Bonchev–Trinajstić information content (AvgIpc) is 2.20. The first-order valence-electron chi connectivity index (χ1n) is 4.82. The van der Waals surface area contributed by atoms with Crippen LogP contribution >= 0.6 is 27.7 Å². The second-order valence-electron chi connectivity index (χ2n) is 3.32. The Morgan fingerprint density at radius 2 is 2.27 bits per heavy atom. The molecule has 84 valence electrons. The van der Waals surface area contributed by atoms with Crippen molar-refractivity contribution in [3.63, 3.8) is 0 Å². The molecule has 2 nitrogen and oxygen atoms in total. The highest BCUT2D eigenvalue weighted by molar-refractivity contribution is 9.10. The molecule has 0 bridgehead atoms. The topological polar surface area (TPSA) is 35.2 Å². The van der Waals surface area contributed by atoms with Gasteiger partial charge in [0.1, 0.15) is 0 Å². The molecule has 0 spiro atoms. The molecule has 0 heterocycles. The molecule has 0 saturated carbocycles. The number of benzene rings is 1. The van der Waals surface area contributed by atoms with E-state index in [1.54, 1.807) is 18.9 Å². The van der Waals surface area contributed by atoms with Crippen LogP contribution in [0.2, 0.25) is 0 Å². The van der Waals surface area contributed by atoms with Gasteiger partial charge in [0.15, 0.2) is 0 Å². The Balaban J connectivity index is 2.66. The summed E-state index contributed by atoms with van der Waals surface area (Å²) in [5.41, 5.74) is 6.96. The number of halogens is 1. The minimum Gasteiger partial charge on any atom is -0.384 e. The maximum atomic E-state index is 5.81. The summed E-state index contributed by atoms with van der Waals surface area (Å²) in [6, 6.07) is 6.34. The third-order valence-corrected chi connectivity index (χ3v) is 3.98. The first kappa shape index (κ1) is 13.0. The molecule has 1 aromatic rings. The maximum absolute atomic E-state index is 5.81. The lowest BCUT2D eigenvalue weighted by Gasteiger charge is -2.09.